The Morgan fingerprint density at radius 2 is 0.828 bits per heavy atom. The maximum atomic E-state index is 2.79. The fourth-order valence-corrected chi connectivity index (χ4v) is 27.8. The van der Waals surface area contributed by atoms with Gasteiger partial charge in [0.25, 0.3) is 0 Å². The quantitative estimate of drug-likeness (QED) is 0.155. The Bertz CT molecular complexity index is 2500. The van der Waals surface area contributed by atoms with Crippen LogP contribution in [-0.4, -0.2) is 0 Å². The van der Waals surface area contributed by atoms with Crippen molar-refractivity contribution in [1.29, 1.82) is 0 Å². The zero-order valence-corrected chi connectivity index (χ0v) is 40.4. The summed E-state index contributed by atoms with van der Waals surface area (Å²) in [6.45, 7) is 23.0. The summed E-state index contributed by atoms with van der Waals surface area (Å²) in [5.41, 5.74) is 25.3. The molecule has 3 aliphatic rings. The minimum absolute atomic E-state index is 0.107. The summed E-state index contributed by atoms with van der Waals surface area (Å²) in [6.07, 6.45) is 5.40. The molecule has 0 spiro atoms. The summed E-state index contributed by atoms with van der Waals surface area (Å²) in [5, 5.41) is 0. The number of rotatable bonds is 4. The zero-order chi connectivity index (χ0) is 41.1. The van der Waals surface area contributed by atoms with Crippen molar-refractivity contribution in [3.8, 4) is 22.3 Å². The first-order valence-corrected chi connectivity index (χ1v) is 32.8. The molecule has 292 valence electrons. The molecule has 0 saturated carbocycles. The number of benzene rings is 6. The summed E-state index contributed by atoms with van der Waals surface area (Å²) >= 11 is -3.46. The Balaban J connectivity index is 1.36. The molecule has 1 aliphatic heterocycles. The van der Waals surface area contributed by atoms with Crippen molar-refractivity contribution in [2.24, 2.45) is 0 Å². The van der Waals surface area contributed by atoms with E-state index in [1.54, 1.807) is 22.3 Å². The van der Waals surface area contributed by atoms with Gasteiger partial charge in [0.15, 0.2) is 0 Å². The molecule has 58 heavy (non-hydrogen) atoms. The van der Waals surface area contributed by atoms with Gasteiger partial charge in [0.05, 0.1) is 0 Å². The van der Waals surface area contributed by atoms with E-state index in [0.29, 0.717) is 7.35 Å². The molecule has 2 aliphatic carbocycles. The average Bonchev–Trinajstić information content (AvgIpc) is 3.77. The Morgan fingerprint density at radius 3 is 1.17 bits per heavy atom. The number of allylic oxidation sites excluding steroid dienone is 2. The second kappa shape index (κ2) is 13.6. The third-order valence-corrected chi connectivity index (χ3v) is 29.4. The van der Waals surface area contributed by atoms with Gasteiger partial charge >= 0.3 is 356 Å². The van der Waals surface area contributed by atoms with Crippen LogP contribution in [0.2, 0.25) is 9.36 Å². The van der Waals surface area contributed by atoms with Crippen molar-refractivity contribution in [3.63, 3.8) is 0 Å². The molecule has 2 atom stereocenters. The molecule has 0 nitrogen and oxygen atoms in total. The normalized spacial score (nSPS) is 18.8. The second-order valence-corrected chi connectivity index (χ2v) is 37.8. The fourth-order valence-electron chi connectivity index (χ4n) is 11.2. The first-order valence-electron chi connectivity index (χ1n) is 21.5. The van der Waals surface area contributed by atoms with Crippen LogP contribution in [0.5, 0.6) is 0 Å². The summed E-state index contributed by atoms with van der Waals surface area (Å²) in [7, 11) is 0. The van der Waals surface area contributed by atoms with E-state index >= 15 is 0 Å². The molecule has 1 saturated heterocycles. The predicted octanol–water partition coefficient (Wildman–Crippen LogP) is 15.7. The SMILES string of the molecule is Cc1ccc(C2(c3ccc(C)cc3)C3=Cc4c(-c5ccc(C(C)(C)C)cc5C)cccc4[CH]3[Hf]([CH3])([CH3])[CH]3C2=Cc2c(-c4ccc(C(C)(C)C)cc4C)cccc23)cc1. The van der Waals surface area contributed by atoms with Gasteiger partial charge < -0.3 is 0 Å². The van der Waals surface area contributed by atoms with E-state index in [2.05, 4.69) is 212 Å². The van der Waals surface area contributed by atoms with Crippen LogP contribution in [0.1, 0.15) is 116 Å². The molecule has 0 bridgehead atoms. The van der Waals surface area contributed by atoms with Crippen molar-refractivity contribution < 1.29 is 20.0 Å². The van der Waals surface area contributed by atoms with Crippen LogP contribution in [0, 0.1) is 27.7 Å². The molecule has 0 aromatic heterocycles. The Kier molecular flexibility index (Phi) is 9.18. The number of aryl methyl sites for hydroxylation is 4. The summed E-state index contributed by atoms with van der Waals surface area (Å²) in [5.74, 6) is 0. The van der Waals surface area contributed by atoms with Gasteiger partial charge in [-0.2, -0.15) is 0 Å². The molecule has 6 aromatic rings. The van der Waals surface area contributed by atoms with Crippen molar-refractivity contribution in [1.82, 2.24) is 0 Å². The molecule has 2 unspecified atom stereocenters. The van der Waals surface area contributed by atoms with Crippen molar-refractivity contribution in [2.45, 2.75) is 102 Å². The van der Waals surface area contributed by atoms with Crippen LogP contribution in [0.15, 0.2) is 132 Å². The first-order chi connectivity index (χ1) is 27.4. The van der Waals surface area contributed by atoms with Crippen molar-refractivity contribution in [2.75, 3.05) is 0 Å². The molecular weight excluding hydrogens is 863 g/mol. The molecular formula is C57H60Hf. The molecule has 0 N–H and O–H groups in total. The fraction of sp³-hybridized carbons (Fsp3) is 0.298. The minimum atomic E-state index is -3.46. The van der Waals surface area contributed by atoms with Crippen LogP contribution in [-0.2, 0) is 36.2 Å². The molecule has 9 rings (SSSR count). The summed E-state index contributed by atoms with van der Waals surface area (Å²) in [4.78, 5) is 0. The molecule has 1 fully saturated rings. The van der Waals surface area contributed by atoms with E-state index in [4.69, 9.17) is 0 Å². The topological polar surface area (TPSA) is 0 Å². The van der Waals surface area contributed by atoms with Crippen LogP contribution in [0.25, 0.3) is 34.4 Å². The van der Waals surface area contributed by atoms with Gasteiger partial charge in [-0.15, -0.1) is 0 Å². The van der Waals surface area contributed by atoms with E-state index < -0.39 is 25.4 Å². The molecule has 0 amide bonds. The van der Waals surface area contributed by atoms with Crippen LogP contribution < -0.4 is 0 Å². The van der Waals surface area contributed by atoms with Gasteiger partial charge in [-0.25, -0.2) is 0 Å². The summed E-state index contributed by atoms with van der Waals surface area (Å²) < 4.78 is 6.41. The Hall–Kier alpha value is -4.33. The third kappa shape index (κ3) is 5.92. The molecule has 6 aromatic carbocycles. The number of hydrogen-bond donors (Lipinski definition) is 0. The van der Waals surface area contributed by atoms with Gasteiger partial charge in [-0.1, -0.05) is 0 Å². The molecule has 0 radical (unpaired) electrons. The van der Waals surface area contributed by atoms with Crippen LogP contribution in [0.3, 0.4) is 0 Å². The second-order valence-electron chi connectivity index (χ2n) is 20.5. The number of fused-ring (bicyclic) bond motifs is 6. The first kappa shape index (κ1) is 39.1. The maximum absolute atomic E-state index is 3.46. The van der Waals surface area contributed by atoms with Gasteiger partial charge in [-0.3, -0.25) is 0 Å². The monoisotopic (exact) mass is 924 g/mol. The standard InChI is InChI=1S/C55H54.2CH3.Hf/c1-35-17-21-41(22-18-35)55(42-23-19-36(2)20-24-42,45-31-39-13-11-15-49(51(39)33-45)47-27-25-43(29-37(47)3)53(5,6)7)46-32-40-14-12-16-50(52(40)34-46)48-28-26-44(30-38(48)4)54(8,9)10;;;/h11-34H,1-10H3;2*1H3;. The van der Waals surface area contributed by atoms with E-state index in [1.807, 2.05) is 0 Å². The van der Waals surface area contributed by atoms with Gasteiger partial charge in [0, 0.05) is 0 Å². The van der Waals surface area contributed by atoms with Crippen molar-refractivity contribution >= 4 is 12.2 Å². The van der Waals surface area contributed by atoms with Gasteiger partial charge in [-0.05, 0) is 0 Å². The summed E-state index contributed by atoms with van der Waals surface area (Å²) in [6, 6.07) is 48.1. The van der Waals surface area contributed by atoms with E-state index in [0.717, 1.165) is 0 Å². The van der Waals surface area contributed by atoms with E-state index in [-0.39, 0.29) is 10.8 Å². The van der Waals surface area contributed by atoms with Crippen LogP contribution >= 0.6 is 0 Å². The predicted molar refractivity (Wildman–Crippen MR) is 247 cm³/mol. The molecule has 1 heteroatoms. The Morgan fingerprint density at radius 1 is 0.448 bits per heavy atom. The van der Waals surface area contributed by atoms with Gasteiger partial charge in [0.2, 0.25) is 0 Å². The van der Waals surface area contributed by atoms with E-state index in [9.17, 15) is 0 Å². The van der Waals surface area contributed by atoms with Gasteiger partial charge in [0.1, 0.15) is 0 Å². The Labute approximate surface area is 353 Å². The van der Waals surface area contributed by atoms with E-state index in [1.165, 1.54) is 77.9 Å². The third-order valence-electron chi connectivity index (χ3n) is 14.2. The average molecular weight is 924 g/mol. The van der Waals surface area contributed by atoms with Crippen LogP contribution in [0.4, 0.5) is 0 Å². The van der Waals surface area contributed by atoms with Crippen molar-refractivity contribution in [3.05, 3.63) is 199 Å². The zero-order valence-electron chi connectivity index (χ0n) is 36.9. The molecule has 1 heterocycles. The number of hydrogen-bond acceptors (Lipinski definition) is 0.